The number of H-pyrrole nitrogens is 1. The van der Waals surface area contributed by atoms with Gasteiger partial charge in [0.25, 0.3) is 0 Å². The van der Waals surface area contributed by atoms with Gasteiger partial charge in [0.05, 0.1) is 39.3 Å². The van der Waals surface area contributed by atoms with Gasteiger partial charge in [-0.3, -0.25) is 0 Å². The molecule has 0 aliphatic carbocycles. The summed E-state index contributed by atoms with van der Waals surface area (Å²) in [7, 11) is 0. The average molecular weight is 505 g/mol. The largest absolute Gasteiger partial charge is 0.443 e. The Balaban J connectivity index is 0.000000101. The van der Waals surface area contributed by atoms with Crippen LogP contribution in [-0.4, -0.2) is 39.9 Å². The predicted molar refractivity (Wildman–Crippen MR) is 145 cm³/mol. The van der Waals surface area contributed by atoms with Gasteiger partial charge in [0.2, 0.25) is 0 Å². The van der Waals surface area contributed by atoms with Crippen molar-refractivity contribution in [2.24, 2.45) is 0 Å². The Morgan fingerprint density at radius 2 is 1.43 bits per heavy atom. The van der Waals surface area contributed by atoms with E-state index < -0.39 is 0 Å². The summed E-state index contributed by atoms with van der Waals surface area (Å²) in [6.45, 7) is 0. The molecule has 5 aromatic heterocycles. The molecule has 0 radical (unpaired) electrons. The molecule has 0 aliphatic heterocycles. The maximum atomic E-state index is 5.01. The van der Waals surface area contributed by atoms with Crippen molar-refractivity contribution in [3.63, 3.8) is 0 Å². The van der Waals surface area contributed by atoms with Crippen LogP contribution >= 0.6 is 11.3 Å². The lowest BCUT2D eigenvalue weighted by molar-refractivity contribution is 0.602. The third-order valence-electron chi connectivity index (χ3n) is 4.95. The lowest BCUT2D eigenvalue weighted by Gasteiger charge is -1.89. The number of nitrogens with one attached hydrogen (secondary N) is 1. The van der Waals surface area contributed by atoms with Gasteiger partial charge in [-0.15, -0.1) is 11.3 Å². The van der Waals surface area contributed by atoms with Crippen LogP contribution in [0.15, 0.2) is 120 Å². The average Bonchev–Trinajstić information content (AvgIpc) is 3.75. The van der Waals surface area contributed by atoms with Gasteiger partial charge in [-0.25, -0.2) is 34.9 Å². The van der Waals surface area contributed by atoms with Crippen LogP contribution in [0.3, 0.4) is 0 Å². The van der Waals surface area contributed by atoms with Gasteiger partial charge in [-0.05, 0) is 36.4 Å². The highest BCUT2D eigenvalue weighted by Crippen LogP contribution is 2.15. The van der Waals surface area contributed by atoms with Gasteiger partial charge in [-0.2, -0.15) is 0 Å². The highest BCUT2D eigenvalue weighted by Gasteiger charge is 1.92. The summed E-state index contributed by atoms with van der Waals surface area (Å²) in [5.41, 5.74) is 8.21. The predicted octanol–water partition coefficient (Wildman–Crippen LogP) is 6.11. The second kappa shape index (κ2) is 12.0. The number of oxazole rings is 1. The van der Waals surface area contributed by atoms with Crippen molar-refractivity contribution < 1.29 is 4.42 Å². The molecule has 9 nitrogen and oxygen atoms in total. The van der Waals surface area contributed by atoms with Gasteiger partial charge in [-0.1, -0.05) is 36.4 Å². The zero-order valence-corrected chi connectivity index (χ0v) is 20.2. The van der Waals surface area contributed by atoms with E-state index in [1.54, 1.807) is 36.3 Å². The smallest absolute Gasteiger partial charge is 0.181 e. The zero-order chi connectivity index (χ0) is 25.1. The van der Waals surface area contributed by atoms with Gasteiger partial charge in [0, 0.05) is 12.4 Å². The van der Waals surface area contributed by atoms with E-state index >= 15 is 0 Å². The number of benzene rings is 3. The topological polar surface area (TPSA) is 119 Å². The van der Waals surface area contributed by atoms with Gasteiger partial charge >= 0.3 is 0 Å². The summed E-state index contributed by atoms with van der Waals surface area (Å²) in [5, 5.41) is 0. The Hall–Kier alpha value is -5.09. The van der Waals surface area contributed by atoms with Crippen molar-refractivity contribution in [3.05, 3.63) is 116 Å². The van der Waals surface area contributed by atoms with Crippen LogP contribution in [0.4, 0.5) is 0 Å². The molecule has 5 heterocycles. The molecule has 0 bridgehead atoms. The molecular formula is C27H20N8OS. The van der Waals surface area contributed by atoms with E-state index in [1.165, 1.54) is 17.4 Å². The Kier molecular flexibility index (Phi) is 7.70. The van der Waals surface area contributed by atoms with E-state index in [0.29, 0.717) is 5.65 Å². The third kappa shape index (κ3) is 6.32. The number of rotatable bonds is 0. The monoisotopic (exact) mass is 504 g/mol. The van der Waals surface area contributed by atoms with E-state index in [2.05, 4.69) is 45.9 Å². The standard InChI is InChI=1S/C7H6N2.C7H5NO.C7H5NS.C6H4N4/c3*1-2-4-7-6(3-1)8-5-9-7;1-2-9-6-5(8-1)3-7-4-10-6/h1-5H,(H,8,9);2*1-5H;1-4H. The normalized spacial score (nSPS) is 10.2. The van der Waals surface area contributed by atoms with E-state index in [9.17, 15) is 0 Å². The molecule has 0 spiro atoms. The highest BCUT2D eigenvalue weighted by molar-refractivity contribution is 7.16. The number of para-hydroxylation sites is 5. The van der Waals surface area contributed by atoms with E-state index in [4.69, 9.17) is 4.42 Å². The second-order valence-electron chi connectivity index (χ2n) is 7.35. The van der Waals surface area contributed by atoms with Crippen molar-refractivity contribution in [1.29, 1.82) is 0 Å². The molecule has 8 rings (SSSR count). The van der Waals surface area contributed by atoms with Crippen LogP contribution in [0, 0.1) is 0 Å². The maximum absolute atomic E-state index is 5.01. The van der Waals surface area contributed by atoms with Crippen LogP contribution in [-0.2, 0) is 0 Å². The lowest BCUT2D eigenvalue weighted by atomic mass is 10.3. The van der Waals surface area contributed by atoms with Crippen LogP contribution in [0.5, 0.6) is 0 Å². The molecule has 1 N–H and O–H groups in total. The molecule has 37 heavy (non-hydrogen) atoms. The van der Waals surface area contributed by atoms with Crippen molar-refractivity contribution in [3.8, 4) is 0 Å². The quantitative estimate of drug-likeness (QED) is 0.263. The number of nitrogens with zero attached hydrogens (tertiary/aromatic N) is 7. The number of imidazole rings is 1. The summed E-state index contributed by atoms with van der Waals surface area (Å²) in [6.07, 6.45) is 9.46. The van der Waals surface area contributed by atoms with Gasteiger partial charge < -0.3 is 9.40 Å². The fraction of sp³-hybridized carbons (Fsp3) is 0. The summed E-state index contributed by atoms with van der Waals surface area (Å²) in [4.78, 5) is 30.8. The molecule has 0 atom stereocenters. The Labute approximate surface area is 215 Å². The Bertz CT molecular complexity index is 1510. The first kappa shape index (κ1) is 23.6. The number of aromatic amines is 1. The van der Waals surface area contributed by atoms with Crippen LogP contribution in [0.1, 0.15) is 0 Å². The molecule has 0 unspecified atom stereocenters. The zero-order valence-electron chi connectivity index (χ0n) is 19.4. The molecule has 0 amide bonds. The van der Waals surface area contributed by atoms with Crippen LogP contribution < -0.4 is 0 Å². The van der Waals surface area contributed by atoms with Crippen molar-refractivity contribution in [2.75, 3.05) is 0 Å². The number of hydrogen-bond acceptors (Lipinski definition) is 9. The summed E-state index contributed by atoms with van der Waals surface area (Å²) < 4.78 is 6.27. The Morgan fingerprint density at radius 3 is 2.27 bits per heavy atom. The molecule has 0 aliphatic rings. The van der Waals surface area contributed by atoms with E-state index in [1.807, 2.05) is 72.2 Å². The maximum Gasteiger partial charge on any atom is 0.181 e. The molecule has 8 aromatic rings. The van der Waals surface area contributed by atoms with Crippen molar-refractivity contribution >= 4 is 54.9 Å². The minimum absolute atomic E-state index is 0.637. The summed E-state index contributed by atoms with van der Waals surface area (Å²) >= 11 is 1.68. The highest BCUT2D eigenvalue weighted by atomic mass is 32.1. The van der Waals surface area contributed by atoms with E-state index in [0.717, 1.165) is 33.2 Å². The van der Waals surface area contributed by atoms with Crippen molar-refractivity contribution in [1.82, 2.24) is 39.9 Å². The Morgan fingerprint density at radius 1 is 0.649 bits per heavy atom. The molecular weight excluding hydrogens is 484 g/mol. The molecule has 0 saturated carbocycles. The SMILES string of the molecule is c1ccc2[nH]cnc2c1.c1ccc2ocnc2c1.c1ccc2scnc2c1.c1cnc2ncncc2n1. The summed E-state index contributed by atoms with van der Waals surface area (Å²) in [6, 6.07) is 23.7. The molecule has 0 fully saturated rings. The molecule has 3 aromatic carbocycles. The van der Waals surface area contributed by atoms with E-state index in [-0.39, 0.29) is 0 Å². The van der Waals surface area contributed by atoms with Crippen molar-refractivity contribution in [2.45, 2.75) is 0 Å². The fourth-order valence-electron chi connectivity index (χ4n) is 3.21. The number of aromatic nitrogens is 8. The first-order chi connectivity index (χ1) is 18.4. The number of thiazole rings is 1. The minimum atomic E-state index is 0.637. The summed E-state index contributed by atoms with van der Waals surface area (Å²) in [5.74, 6) is 0. The molecule has 10 heteroatoms. The minimum Gasteiger partial charge on any atom is -0.443 e. The number of fused-ring (bicyclic) bond motifs is 4. The van der Waals surface area contributed by atoms with Crippen LogP contribution in [0.2, 0.25) is 0 Å². The second-order valence-corrected chi connectivity index (χ2v) is 8.23. The first-order valence-corrected chi connectivity index (χ1v) is 12.1. The van der Waals surface area contributed by atoms with Gasteiger partial charge in [0.15, 0.2) is 17.6 Å². The lowest BCUT2D eigenvalue weighted by Crippen LogP contribution is -1.85. The van der Waals surface area contributed by atoms with Gasteiger partial charge in [0.1, 0.15) is 17.4 Å². The number of hydrogen-bond donors (Lipinski definition) is 1. The van der Waals surface area contributed by atoms with Crippen LogP contribution in [0.25, 0.3) is 43.5 Å². The molecule has 0 saturated heterocycles. The third-order valence-corrected chi connectivity index (χ3v) is 5.76. The molecule has 180 valence electrons. The fourth-order valence-corrected chi connectivity index (χ4v) is 3.89. The first-order valence-electron chi connectivity index (χ1n) is 11.2.